The van der Waals surface area contributed by atoms with Gasteiger partial charge < -0.3 is 10.1 Å². The van der Waals surface area contributed by atoms with Crippen molar-refractivity contribution in [2.24, 2.45) is 0 Å². The number of benzene rings is 2. The Bertz CT molecular complexity index is 897. The van der Waals surface area contributed by atoms with Crippen LogP contribution in [0.4, 0.5) is 11.4 Å². The van der Waals surface area contributed by atoms with E-state index in [9.17, 15) is 13.2 Å². The first-order chi connectivity index (χ1) is 11.9. The third-order valence-electron chi connectivity index (χ3n) is 3.91. The highest BCUT2D eigenvalue weighted by Crippen LogP contribution is 2.35. The van der Waals surface area contributed by atoms with Crippen LogP contribution in [-0.2, 0) is 10.0 Å². The third-order valence-corrected chi connectivity index (χ3v) is 6.02. The van der Waals surface area contributed by atoms with Crippen molar-refractivity contribution in [3.05, 3.63) is 53.1 Å². The summed E-state index contributed by atoms with van der Waals surface area (Å²) in [6.07, 6.45) is 0.584. The molecule has 1 amide bonds. The van der Waals surface area contributed by atoms with E-state index in [4.69, 9.17) is 16.3 Å². The van der Waals surface area contributed by atoms with Crippen LogP contribution in [0.1, 0.15) is 16.8 Å². The van der Waals surface area contributed by atoms with Crippen molar-refractivity contribution in [3.8, 4) is 5.75 Å². The highest BCUT2D eigenvalue weighted by molar-refractivity contribution is 7.93. The van der Waals surface area contributed by atoms with Crippen LogP contribution in [0.25, 0.3) is 0 Å². The summed E-state index contributed by atoms with van der Waals surface area (Å²) in [4.78, 5) is 12.3. The maximum Gasteiger partial charge on any atom is 0.255 e. The van der Waals surface area contributed by atoms with E-state index in [1.165, 1.54) is 11.4 Å². The zero-order chi connectivity index (χ0) is 18.0. The first kappa shape index (κ1) is 17.6. The second kappa shape index (κ2) is 6.93. The van der Waals surface area contributed by atoms with Gasteiger partial charge in [0.25, 0.3) is 5.91 Å². The van der Waals surface area contributed by atoms with Crippen molar-refractivity contribution >= 4 is 38.9 Å². The Morgan fingerprint density at radius 1 is 1.20 bits per heavy atom. The minimum atomic E-state index is -3.30. The lowest BCUT2D eigenvalue weighted by molar-refractivity contribution is 0.102. The summed E-state index contributed by atoms with van der Waals surface area (Å²) in [6, 6.07) is 11.4. The third kappa shape index (κ3) is 3.72. The molecular weight excluding hydrogens is 364 g/mol. The highest BCUT2D eigenvalue weighted by Gasteiger charge is 2.30. The van der Waals surface area contributed by atoms with Gasteiger partial charge in [-0.1, -0.05) is 11.6 Å². The molecule has 0 radical (unpaired) electrons. The molecule has 0 spiro atoms. The van der Waals surface area contributed by atoms with Crippen LogP contribution in [0.15, 0.2) is 42.5 Å². The molecule has 3 rings (SSSR count). The van der Waals surface area contributed by atoms with E-state index in [1.807, 2.05) is 0 Å². The maximum atomic E-state index is 12.3. The van der Waals surface area contributed by atoms with Crippen LogP contribution >= 0.6 is 11.6 Å². The van der Waals surface area contributed by atoms with Gasteiger partial charge in [-0.05, 0) is 42.8 Å². The van der Waals surface area contributed by atoms with Gasteiger partial charge in [-0.3, -0.25) is 9.10 Å². The standard InChI is InChI=1S/C17H17ClN2O4S/c1-24-16-11-14(19-17(21)12-3-5-13(18)6-4-12)7-8-15(16)20-9-2-10-25(20,22)23/h3-8,11H,2,9-10H2,1H3,(H,19,21). The highest BCUT2D eigenvalue weighted by atomic mass is 35.5. The number of carbonyl (C=O) groups is 1. The lowest BCUT2D eigenvalue weighted by atomic mass is 10.2. The van der Waals surface area contributed by atoms with Crippen LogP contribution < -0.4 is 14.4 Å². The zero-order valence-electron chi connectivity index (χ0n) is 13.5. The predicted octanol–water partition coefficient (Wildman–Crippen LogP) is 3.14. The summed E-state index contributed by atoms with van der Waals surface area (Å²) in [5.74, 6) is 0.227. The van der Waals surface area contributed by atoms with Gasteiger partial charge >= 0.3 is 0 Å². The molecule has 1 saturated heterocycles. The Labute approximate surface area is 151 Å². The molecule has 25 heavy (non-hydrogen) atoms. The van der Waals surface area contributed by atoms with Gasteiger partial charge in [0.05, 0.1) is 18.6 Å². The fourth-order valence-electron chi connectivity index (χ4n) is 2.68. The van der Waals surface area contributed by atoms with E-state index >= 15 is 0 Å². The Morgan fingerprint density at radius 2 is 1.92 bits per heavy atom. The minimum Gasteiger partial charge on any atom is -0.494 e. The number of anilines is 2. The number of amides is 1. The van der Waals surface area contributed by atoms with Crippen molar-refractivity contribution < 1.29 is 17.9 Å². The van der Waals surface area contributed by atoms with Gasteiger partial charge in [0.1, 0.15) is 5.75 Å². The number of sulfonamides is 1. The molecule has 1 aliphatic heterocycles. The van der Waals surface area contributed by atoms with Crippen molar-refractivity contribution in [1.29, 1.82) is 0 Å². The Morgan fingerprint density at radius 3 is 2.52 bits per heavy atom. The van der Waals surface area contributed by atoms with Gasteiger partial charge in [0.2, 0.25) is 10.0 Å². The molecule has 0 aliphatic carbocycles. The number of carbonyl (C=O) groups excluding carboxylic acids is 1. The molecule has 2 aromatic rings. The zero-order valence-corrected chi connectivity index (χ0v) is 15.1. The summed E-state index contributed by atoms with van der Waals surface area (Å²) in [5, 5.41) is 3.31. The number of ether oxygens (including phenoxy) is 1. The average Bonchev–Trinajstić information content (AvgIpc) is 2.94. The molecule has 0 atom stereocenters. The smallest absolute Gasteiger partial charge is 0.255 e. The number of nitrogens with one attached hydrogen (secondary N) is 1. The summed E-state index contributed by atoms with van der Waals surface area (Å²) in [6.45, 7) is 0.426. The molecule has 132 valence electrons. The van der Waals surface area contributed by atoms with Crippen LogP contribution in [0.2, 0.25) is 5.02 Å². The topological polar surface area (TPSA) is 75.7 Å². The molecule has 0 bridgehead atoms. The molecule has 2 aromatic carbocycles. The monoisotopic (exact) mass is 380 g/mol. The summed E-state index contributed by atoms with van der Waals surface area (Å²) >= 11 is 5.82. The van der Waals surface area contributed by atoms with Gasteiger partial charge in [-0.25, -0.2) is 8.42 Å². The normalized spacial score (nSPS) is 15.8. The number of methoxy groups -OCH3 is 1. The minimum absolute atomic E-state index is 0.130. The second-order valence-electron chi connectivity index (χ2n) is 5.59. The largest absolute Gasteiger partial charge is 0.494 e. The molecule has 1 aliphatic rings. The van der Waals surface area contributed by atoms with Crippen LogP contribution in [0.3, 0.4) is 0 Å². The molecule has 8 heteroatoms. The quantitative estimate of drug-likeness (QED) is 0.884. The molecule has 6 nitrogen and oxygen atoms in total. The SMILES string of the molecule is COc1cc(NC(=O)c2ccc(Cl)cc2)ccc1N1CCCS1(=O)=O. The van der Waals surface area contributed by atoms with Crippen LogP contribution in [0.5, 0.6) is 5.75 Å². The molecule has 1 fully saturated rings. The van der Waals surface area contributed by atoms with Crippen molar-refractivity contribution in [3.63, 3.8) is 0 Å². The average molecular weight is 381 g/mol. The number of halogens is 1. The van der Waals surface area contributed by atoms with Gasteiger partial charge in [0.15, 0.2) is 0 Å². The first-order valence-corrected chi connectivity index (χ1v) is 9.65. The lowest BCUT2D eigenvalue weighted by Crippen LogP contribution is -2.25. The van der Waals surface area contributed by atoms with Crippen molar-refractivity contribution in [2.75, 3.05) is 29.0 Å². The summed E-state index contributed by atoms with van der Waals surface area (Å²) in [5.41, 5.74) is 1.45. The molecular formula is C17H17ClN2O4S. The van der Waals surface area contributed by atoms with Crippen LogP contribution in [0, 0.1) is 0 Å². The van der Waals surface area contributed by atoms with Crippen molar-refractivity contribution in [1.82, 2.24) is 0 Å². The maximum absolute atomic E-state index is 12.3. The molecule has 0 aromatic heterocycles. The van der Waals surface area contributed by atoms with Crippen molar-refractivity contribution in [2.45, 2.75) is 6.42 Å². The first-order valence-electron chi connectivity index (χ1n) is 7.66. The lowest BCUT2D eigenvalue weighted by Gasteiger charge is -2.20. The number of hydrogen-bond acceptors (Lipinski definition) is 4. The Balaban J connectivity index is 1.84. The van der Waals surface area contributed by atoms with E-state index in [0.29, 0.717) is 40.7 Å². The van der Waals surface area contributed by atoms with Crippen LogP contribution in [-0.4, -0.2) is 33.7 Å². The van der Waals surface area contributed by atoms with E-state index in [0.717, 1.165) is 0 Å². The number of hydrogen-bond donors (Lipinski definition) is 1. The Kier molecular flexibility index (Phi) is 4.87. The molecule has 1 N–H and O–H groups in total. The van der Waals surface area contributed by atoms with Gasteiger partial charge in [0, 0.05) is 28.9 Å². The Hall–Kier alpha value is -2.25. The van der Waals surface area contributed by atoms with Gasteiger partial charge in [-0.2, -0.15) is 0 Å². The fraction of sp³-hybridized carbons (Fsp3) is 0.235. The van der Waals surface area contributed by atoms with Gasteiger partial charge in [-0.15, -0.1) is 0 Å². The van der Waals surface area contributed by atoms with E-state index in [-0.39, 0.29) is 11.7 Å². The number of nitrogens with zero attached hydrogens (tertiary/aromatic N) is 1. The number of rotatable bonds is 4. The van der Waals surface area contributed by atoms with E-state index in [1.54, 1.807) is 42.5 Å². The van der Waals surface area contributed by atoms with E-state index in [2.05, 4.69) is 5.32 Å². The summed E-state index contributed by atoms with van der Waals surface area (Å²) < 4.78 is 30.9. The fourth-order valence-corrected chi connectivity index (χ4v) is 4.37. The predicted molar refractivity (Wildman–Crippen MR) is 98.1 cm³/mol. The summed E-state index contributed by atoms with van der Waals surface area (Å²) in [7, 11) is -1.84. The molecule has 0 unspecified atom stereocenters. The molecule has 1 heterocycles. The van der Waals surface area contributed by atoms with E-state index < -0.39 is 10.0 Å². The second-order valence-corrected chi connectivity index (χ2v) is 8.04. The molecule has 0 saturated carbocycles.